The highest BCUT2D eigenvalue weighted by molar-refractivity contribution is 5.73. The normalized spacial score (nSPS) is 31.6. The molecule has 0 spiro atoms. The molecule has 2 atom stereocenters. The molecule has 0 bridgehead atoms. The molecule has 0 heterocycles. The van der Waals surface area contributed by atoms with Crippen LogP contribution in [-0.2, 0) is 9.53 Å². The van der Waals surface area contributed by atoms with E-state index < -0.39 is 5.97 Å². The molecule has 0 N–H and O–H groups in total. The fraction of sp³-hybridized carbons (Fsp3) is 0.889. The maximum Gasteiger partial charge on any atom is 0.0465 e. The number of carboxylic acid groups (broad SMARTS) is 1. The van der Waals surface area contributed by atoms with Crippen LogP contribution in [0.3, 0.4) is 0 Å². The largest absolute Gasteiger partial charge is 0.550 e. The van der Waals surface area contributed by atoms with Crippen LogP contribution >= 0.6 is 0 Å². The standard InChI is InChI=1S/C9H16O3/c1-9(2)6(4-5-12-3)7(9)8(10)11/h6-7H,4-5H2,1-3H3,(H,10,11)/p-1. The minimum Gasteiger partial charge on any atom is -0.550 e. The first-order valence-corrected chi connectivity index (χ1v) is 4.21. The number of carbonyl (C=O) groups is 1. The van der Waals surface area contributed by atoms with E-state index >= 15 is 0 Å². The topological polar surface area (TPSA) is 49.4 Å². The number of aliphatic carboxylic acids is 1. The maximum atomic E-state index is 10.6. The molecule has 1 aliphatic rings. The maximum absolute atomic E-state index is 10.6. The molecule has 1 rings (SSSR count). The van der Waals surface area contributed by atoms with E-state index in [1.54, 1.807) is 7.11 Å². The second kappa shape index (κ2) is 3.05. The van der Waals surface area contributed by atoms with Crippen molar-refractivity contribution in [1.82, 2.24) is 0 Å². The van der Waals surface area contributed by atoms with E-state index in [1.807, 2.05) is 13.8 Å². The Hall–Kier alpha value is -0.570. The van der Waals surface area contributed by atoms with Gasteiger partial charge in [0.25, 0.3) is 0 Å². The Bertz CT molecular complexity index is 186. The lowest BCUT2D eigenvalue weighted by Crippen LogP contribution is -2.26. The van der Waals surface area contributed by atoms with Gasteiger partial charge in [0.05, 0.1) is 0 Å². The molecular weight excluding hydrogens is 156 g/mol. The monoisotopic (exact) mass is 171 g/mol. The van der Waals surface area contributed by atoms with Crippen molar-refractivity contribution in [3.63, 3.8) is 0 Å². The van der Waals surface area contributed by atoms with Crippen LogP contribution in [0.4, 0.5) is 0 Å². The summed E-state index contributed by atoms with van der Waals surface area (Å²) in [5.41, 5.74) is -0.0859. The lowest BCUT2D eigenvalue weighted by Gasteiger charge is -2.01. The van der Waals surface area contributed by atoms with Gasteiger partial charge in [0, 0.05) is 25.6 Å². The molecule has 1 aliphatic carbocycles. The Morgan fingerprint density at radius 3 is 2.50 bits per heavy atom. The van der Waals surface area contributed by atoms with Crippen molar-refractivity contribution < 1.29 is 14.6 Å². The van der Waals surface area contributed by atoms with Crippen molar-refractivity contribution in [3.8, 4) is 0 Å². The van der Waals surface area contributed by atoms with Crippen molar-refractivity contribution in [3.05, 3.63) is 0 Å². The summed E-state index contributed by atoms with van der Waals surface area (Å²) in [4.78, 5) is 10.6. The van der Waals surface area contributed by atoms with E-state index in [4.69, 9.17) is 4.74 Å². The first kappa shape index (κ1) is 9.52. The van der Waals surface area contributed by atoms with E-state index in [0.717, 1.165) is 6.42 Å². The number of carboxylic acids is 1. The minimum atomic E-state index is -0.916. The number of hydrogen-bond donors (Lipinski definition) is 0. The van der Waals surface area contributed by atoms with Crippen molar-refractivity contribution in [1.29, 1.82) is 0 Å². The van der Waals surface area contributed by atoms with Crippen LogP contribution < -0.4 is 5.11 Å². The Morgan fingerprint density at radius 1 is 1.58 bits per heavy atom. The third-order valence-electron chi connectivity index (χ3n) is 2.94. The van der Waals surface area contributed by atoms with Crippen LogP contribution in [-0.4, -0.2) is 19.7 Å². The molecule has 12 heavy (non-hydrogen) atoms. The van der Waals surface area contributed by atoms with Crippen molar-refractivity contribution in [2.75, 3.05) is 13.7 Å². The van der Waals surface area contributed by atoms with E-state index in [0.29, 0.717) is 6.61 Å². The second-order valence-electron chi connectivity index (χ2n) is 4.01. The molecule has 0 aromatic heterocycles. The van der Waals surface area contributed by atoms with Crippen LogP contribution in [0.25, 0.3) is 0 Å². The van der Waals surface area contributed by atoms with Gasteiger partial charge < -0.3 is 14.6 Å². The van der Waals surface area contributed by atoms with Gasteiger partial charge in [-0.1, -0.05) is 13.8 Å². The minimum absolute atomic E-state index is 0.0859. The first-order valence-electron chi connectivity index (χ1n) is 4.21. The summed E-state index contributed by atoms with van der Waals surface area (Å²) in [6.07, 6.45) is 0.822. The van der Waals surface area contributed by atoms with Gasteiger partial charge in [0.2, 0.25) is 0 Å². The SMILES string of the molecule is COCCC1C(C(=O)[O-])C1(C)C. The third-order valence-corrected chi connectivity index (χ3v) is 2.94. The van der Waals surface area contributed by atoms with Gasteiger partial charge >= 0.3 is 0 Å². The lowest BCUT2D eigenvalue weighted by molar-refractivity contribution is -0.309. The fourth-order valence-corrected chi connectivity index (χ4v) is 2.00. The van der Waals surface area contributed by atoms with E-state index in [-0.39, 0.29) is 17.3 Å². The number of methoxy groups -OCH3 is 1. The Morgan fingerprint density at radius 2 is 2.17 bits per heavy atom. The molecule has 70 valence electrons. The highest BCUT2D eigenvalue weighted by atomic mass is 16.5. The molecule has 0 amide bonds. The summed E-state index contributed by atoms with van der Waals surface area (Å²) in [6.45, 7) is 4.57. The quantitative estimate of drug-likeness (QED) is 0.600. The Kier molecular flexibility index (Phi) is 2.42. The number of rotatable bonds is 4. The predicted octanol–water partition coefficient (Wildman–Crippen LogP) is 0.0450. The molecule has 0 saturated heterocycles. The van der Waals surface area contributed by atoms with Crippen molar-refractivity contribution >= 4 is 5.97 Å². The highest BCUT2D eigenvalue weighted by Crippen LogP contribution is 2.59. The summed E-state index contributed by atoms with van der Waals surface area (Å²) in [5, 5.41) is 10.6. The van der Waals surface area contributed by atoms with Gasteiger partial charge in [0.15, 0.2) is 0 Å². The summed E-state index contributed by atoms with van der Waals surface area (Å²) < 4.78 is 4.90. The van der Waals surface area contributed by atoms with Gasteiger partial charge in [-0.2, -0.15) is 0 Å². The molecule has 0 aliphatic heterocycles. The zero-order valence-corrected chi connectivity index (χ0v) is 7.79. The van der Waals surface area contributed by atoms with E-state index in [2.05, 4.69) is 0 Å². The van der Waals surface area contributed by atoms with Crippen molar-refractivity contribution in [2.45, 2.75) is 20.3 Å². The van der Waals surface area contributed by atoms with Gasteiger partial charge in [-0.3, -0.25) is 0 Å². The summed E-state index contributed by atoms with van der Waals surface area (Å²) in [7, 11) is 1.63. The number of ether oxygens (including phenoxy) is 1. The van der Waals surface area contributed by atoms with Gasteiger partial charge in [-0.05, 0) is 17.8 Å². The average molecular weight is 171 g/mol. The zero-order valence-electron chi connectivity index (χ0n) is 7.79. The van der Waals surface area contributed by atoms with E-state index in [9.17, 15) is 9.90 Å². The predicted molar refractivity (Wildman–Crippen MR) is 42.3 cm³/mol. The number of carbonyl (C=O) groups excluding carboxylic acids is 1. The molecule has 1 saturated carbocycles. The molecule has 2 unspecified atom stereocenters. The summed E-state index contributed by atoms with van der Waals surface area (Å²) in [5.74, 6) is -0.948. The van der Waals surface area contributed by atoms with Gasteiger partial charge in [-0.25, -0.2) is 0 Å². The lowest BCUT2D eigenvalue weighted by atomic mass is 10.1. The van der Waals surface area contributed by atoms with Crippen LogP contribution in [0.15, 0.2) is 0 Å². The number of hydrogen-bond acceptors (Lipinski definition) is 3. The van der Waals surface area contributed by atoms with Gasteiger partial charge in [-0.15, -0.1) is 0 Å². The fourth-order valence-electron chi connectivity index (χ4n) is 2.00. The Labute approximate surface area is 72.7 Å². The van der Waals surface area contributed by atoms with Crippen LogP contribution in [0.5, 0.6) is 0 Å². The molecular formula is C9H15O3-. The zero-order chi connectivity index (χ0) is 9.35. The third kappa shape index (κ3) is 1.46. The molecule has 1 fully saturated rings. The molecule has 0 aromatic rings. The van der Waals surface area contributed by atoms with Crippen LogP contribution in [0.2, 0.25) is 0 Å². The van der Waals surface area contributed by atoms with Crippen LogP contribution in [0.1, 0.15) is 20.3 Å². The average Bonchev–Trinajstić information content (AvgIpc) is 2.49. The summed E-state index contributed by atoms with van der Waals surface area (Å²) in [6, 6.07) is 0. The van der Waals surface area contributed by atoms with Crippen molar-refractivity contribution in [2.24, 2.45) is 17.3 Å². The van der Waals surface area contributed by atoms with Gasteiger partial charge in [0.1, 0.15) is 0 Å². The molecule has 0 aromatic carbocycles. The summed E-state index contributed by atoms with van der Waals surface area (Å²) >= 11 is 0. The molecule has 3 heteroatoms. The first-order chi connectivity index (χ1) is 5.51. The second-order valence-corrected chi connectivity index (χ2v) is 4.01. The highest BCUT2D eigenvalue weighted by Gasteiger charge is 2.57. The molecule has 0 radical (unpaired) electrons. The van der Waals surface area contributed by atoms with E-state index in [1.165, 1.54) is 0 Å². The smallest absolute Gasteiger partial charge is 0.0465 e. The molecule has 3 nitrogen and oxygen atoms in total. The Balaban J connectivity index is 2.43. The van der Waals surface area contributed by atoms with Crippen LogP contribution in [0, 0.1) is 17.3 Å².